The molecular formula is C19H33N5O6. The van der Waals surface area contributed by atoms with E-state index in [-0.39, 0.29) is 30.7 Å². The van der Waals surface area contributed by atoms with Gasteiger partial charge >= 0.3 is 5.97 Å². The first kappa shape index (κ1) is 25.3. The summed E-state index contributed by atoms with van der Waals surface area (Å²) in [6, 6.07) is -3.59. The summed E-state index contributed by atoms with van der Waals surface area (Å²) in [7, 11) is 0. The summed E-state index contributed by atoms with van der Waals surface area (Å²) in [6.45, 7) is 5.69. The highest BCUT2D eigenvalue weighted by molar-refractivity contribution is 5.94. The Morgan fingerprint density at radius 2 is 1.77 bits per heavy atom. The summed E-state index contributed by atoms with van der Waals surface area (Å²) in [5.41, 5.74) is 5.15. The van der Waals surface area contributed by atoms with Crippen LogP contribution in [0.15, 0.2) is 0 Å². The van der Waals surface area contributed by atoms with E-state index in [0.717, 1.165) is 13.0 Å². The van der Waals surface area contributed by atoms with Crippen LogP contribution in [-0.4, -0.2) is 65.4 Å². The Labute approximate surface area is 175 Å². The number of nitrogens with two attached hydrogens (primary N) is 1. The molecule has 1 heterocycles. The standard InChI is InChI=1S/C19H33N5O6/c1-4-10(2)15(24-16(26)12-6-5-9-21-12)18(28)23-13(7-8-14(20)25)17(27)22-11(3)19(29)30/h10-13,15,21H,4-9H2,1-3H3,(H2,20,25)(H,22,27)(H,23,28)(H,24,26)(H,29,30)/t10-,11-,12-,13-,15-/m0/s1. The number of aliphatic carboxylic acids is 1. The zero-order chi connectivity index (χ0) is 22.8. The highest BCUT2D eigenvalue weighted by atomic mass is 16.4. The number of rotatable bonds is 12. The number of hydrogen-bond donors (Lipinski definition) is 6. The van der Waals surface area contributed by atoms with Crippen molar-refractivity contribution in [3.63, 3.8) is 0 Å². The Kier molecular flexibility index (Phi) is 10.2. The second-order valence-electron chi connectivity index (χ2n) is 7.66. The second kappa shape index (κ2) is 12.1. The van der Waals surface area contributed by atoms with E-state index < -0.39 is 41.8 Å². The lowest BCUT2D eigenvalue weighted by Crippen LogP contribution is -2.58. The first-order valence-electron chi connectivity index (χ1n) is 10.2. The molecule has 11 nitrogen and oxygen atoms in total. The molecule has 30 heavy (non-hydrogen) atoms. The quantitative estimate of drug-likeness (QED) is 0.222. The largest absolute Gasteiger partial charge is 0.480 e. The van der Waals surface area contributed by atoms with E-state index in [2.05, 4.69) is 21.3 Å². The predicted octanol–water partition coefficient (Wildman–Crippen LogP) is -1.39. The van der Waals surface area contributed by atoms with E-state index in [1.165, 1.54) is 6.92 Å². The van der Waals surface area contributed by atoms with Crippen LogP contribution in [-0.2, 0) is 24.0 Å². The third-order valence-electron chi connectivity index (χ3n) is 5.21. The monoisotopic (exact) mass is 427 g/mol. The predicted molar refractivity (Wildman–Crippen MR) is 108 cm³/mol. The van der Waals surface area contributed by atoms with Crippen molar-refractivity contribution in [1.82, 2.24) is 21.3 Å². The molecule has 1 saturated heterocycles. The van der Waals surface area contributed by atoms with Crippen molar-refractivity contribution in [2.75, 3.05) is 6.54 Å². The van der Waals surface area contributed by atoms with Gasteiger partial charge in [0.25, 0.3) is 0 Å². The van der Waals surface area contributed by atoms with Gasteiger partial charge in [0.1, 0.15) is 18.1 Å². The number of carbonyl (C=O) groups excluding carboxylic acids is 4. The molecule has 4 amide bonds. The molecule has 7 N–H and O–H groups in total. The fourth-order valence-electron chi connectivity index (χ4n) is 3.06. The Balaban J connectivity index is 2.90. The minimum Gasteiger partial charge on any atom is -0.480 e. The van der Waals surface area contributed by atoms with Crippen LogP contribution < -0.4 is 27.0 Å². The van der Waals surface area contributed by atoms with Gasteiger partial charge in [-0.25, -0.2) is 0 Å². The van der Waals surface area contributed by atoms with Crippen molar-refractivity contribution in [2.24, 2.45) is 11.7 Å². The minimum absolute atomic E-state index is 0.0927. The lowest BCUT2D eigenvalue weighted by atomic mass is 9.97. The van der Waals surface area contributed by atoms with Gasteiger partial charge in [-0.05, 0) is 38.6 Å². The van der Waals surface area contributed by atoms with Crippen molar-refractivity contribution in [1.29, 1.82) is 0 Å². The molecule has 5 atom stereocenters. The van der Waals surface area contributed by atoms with E-state index in [1.807, 2.05) is 6.92 Å². The van der Waals surface area contributed by atoms with Gasteiger partial charge in [-0.3, -0.25) is 24.0 Å². The molecule has 1 aliphatic heterocycles. The topological polar surface area (TPSA) is 180 Å². The van der Waals surface area contributed by atoms with Crippen LogP contribution in [0.4, 0.5) is 0 Å². The van der Waals surface area contributed by atoms with Crippen LogP contribution in [0.5, 0.6) is 0 Å². The van der Waals surface area contributed by atoms with Gasteiger partial charge < -0.3 is 32.1 Å². The van der Waals surface area contributed by atoms with Crippen LogP contribution >= 0.6 is 0 Å². The zero-order valence-corrected chi connectivity index (χ0v) is 17.7. The van der Waals surface area contributed by atoms with Crippen molar-refractivity contribution in [3.8, 4) is 0 Å². The van der Waals surface area contributed by atoms with Gasteiger partial charge in [-0.2, -0.15) is 0 Å². The molecule has 0 saturated carbocycles. The molecule has 1 rings (SSSR count). The minimum atomic E-state index is -1.24. The number of hydrogen-bond acceptors (Lipinski definition) is 6. The number of primary amides is 1. The fourth-order valence-corrected chi connectivity index (χ4v) is 3.06. The maximum atomic E-state index is 12.9. The normalized spacial score (nSPS) is 19.8. The summed E-state index contributed by atoms with van der Waals surface area (Å²) in [6.07, 6.45) is 1.88. The van der Waals surface area contributed by atoms with E-state index in [1.54, 1.807) is 6.92 Å². The van der Waals surface area contributed by atoms with E-state index in [4.69, 9.17) is 10.8 Å². The molecule has 170 valence electrons. The molecule has 0 radical (unpaired) electrons. The molecule has 11 heteroatoms. The molecule has 0 aromatic carbocycles. The molecule has 0 aromatic heterocycles. The van der Waals surface area contributed by atoms with Gasteiger partial charge in [0.15, 0.2) is 0 Å². The molecule has 0 spiro atoms. The number of carbonyl (C=O) groups is 5. The molecular weight excluding hydrogens is 394 g/mol. The van der Waals surface area contributed by atoms with Crippen molar-refractivity contribution >= 4 is 29.6 Å². The van der Waals surface area contributed by atoms with Gasteiger partial charge in [-0.15, -0.1) is 0 Å². The number of carboxylic acid groups (broad SMARTS) is 1. The second-order valence-corrected chi connectivity index (χ2v) is 7.66. The Morgan fingerprint density at radius 1 is 1.10 bits per heavy atom. The van der Waals surface area contributed by atoms with Crippen LogP contribution in [0, 0.1) is 5.92 Å². The molecule has 0 aromatic rings. The SMILES string of the molecule is CC[C@H](C)[C@H](NC(=O)[C@@H]1CCCN1)C(=O)N[C@@H](CCC(N)=O)C(=O)N[C@@H](C)C(=O)O. The van der Waals surface area contributed by atoms with E-state index in [0.29, 0.717) is 12.8 Å². The Morgan fingerprint density at radius 3 is 2.27 bits per heavy atom. The number of carboxylic acids is 1. The maximum Gasteiger partial charge on any atom is 0.325 e. The molecule has 0 aliphatic carbocycles. The third-order valence-corrected chi connectivity index (χ3v) is 5.21. The molecule has 0 bridgehead atoms. The van der Waals surface area contributed by atoms with Crippen molar-refractivity contribution < 1.29 is 29.1 Å². The third kappa shape index (κ3) is 7.97. The van der Waals surface area contributed by atoms with Crippen molar-refractivity contribution in [2.45, 2.75) is 77.0 Å². The maximum absolute atomic E-state index is 12.9. The van der Waals surface area contributed by atoms with Gasteiger partial charge in [0.05, 0.1) is 6.04 Å². The van der Waals surface area contributed by atoms with Crippen LogP contribution in [0.25, 0.3) is 0 Å². The van der Waals surface area contributed by atoms with Gasteiger partial charge in [0.2, 0.25) is 23.6 Å². The highest BCUT2D eigenvalue weighted by Crippen LogP contribution is 2.12. The molecule has 1 fully saturated rings. The first-order valence-corrected chi connectivity index (χ1v) is 10.2. The van der Waals surface area contributed by atoms with Gasteiger partial charge in [-0.1, -0.05) is 20.3 Å². The fraction of sp³-hybridized carbons (Fsp3) is 0.737. The molecule has 1 aliphatic rings. The highest BCUT2D eigenvalue weighted by Gasteiger charge is 2.33. The smallest absolute Gasteiger partial charge is 0.325 e. The van der Waals surface area contributed by atoms with Crippen LogP contribution in [0.1, 0.15) is 52.9 Å². The van der Waals surface area contributed by atoms with Gasteiger partial charge in [0, 0.05) is 6.42 Å². The first-order chi connectivity index (χ1) is 14.1. The zero-order valence-electron chi connectivity index (χ0n) is 17.7. The summed E-state index contributed by atoms with van der Waals surface area (Å²) in [5, 5.41) is 19.6. The summed E-state index contributed by atoms with van der Waals surface area (Å²) in [5.74, 6) is -3.72. The Hall–Kier alpha value is -2.69. The number of amides is 4. The van der Waals surface area contributed by atoms with Crippen LogP contribution in [0.2, 0.25) is 0 Å². The van der Waals surface area contributed by atoms with Crippen molar-refractivity contribution in [3.05, 3.63) is 0 Å². The average molecular weight is 428 g/mol. The summed E-state index contributed by atoms with van der Waals surface area (Å²) in [4.78, 5) is 60.0. The summed E-state index contributed by atoms with van der Waals surface area (Å²) < 4.78 is 0. The lowest BCUT2D eigenvalue weighted by molar-refractivity contribution is -0.142. The van der Waals surface area contributed by atoms with E-state index in [9.17, 15) is 24.0 Å². The average Bonchev–Trinajstić information content (AvgIpc) is 3.22. The number of nitrogens with one attached hydrogen (secondary N) is 4. The Bertz CT molecular complexity index is 649. The van der Waals surface area contributed by atoms with E-state index >= 15 is 0 Å². The molecule has 0 unspecified atom stereocenters. The lowest BCUT2D eigenvalue weighted by Gasteiger charge is -2.27. The van der Waals surface area contributed by atoms with Crippen LogP contribution in [0.3, 0.4) is 0 Å². The summed E-state index contributed by atoms with van der Waals surface area (Å²) >= 11 is 0.